The summed E-state index contributed by atoms with van der Waals surface area (Å²) < 4.78 is 0. The lowest BCUT2D eigenvalue weighted by molar-refractivity contribution is -0.385. The maximum Gasteiger partial charge on any atom is 0.324 e. The van der Waals surface area contributed by atoms with Crippen molar-refractivity contribution in [3.63, 3.8) is 0 Å². The minimum atomic E-state index is -0.912. The third-order valence-electron chi connectivity index (χ3n) is 3.62. The molecule has 0 bridgehead atoms. The van der Waals surface area contributed by atoms with Crippen molar-refractivity contribution < 1.29 is 24.1 Å². The Labute approximate surface area is 128 Å². The lowest BCUT2D eigenvalue weighted by Crippen LogP contribution is -2.44. The zero-order chi connectivity index (χ0) is 16.7. The first-order valence-electron chi connectivity index (χ1n) is 6.63. The molecule has 3 rings (SSSR count). The lowest BCUT2D eigenvalue weighted by atomic mass is 10.1. The van der Waals surface area contributed by atoms with Crippen molar-refractivity contribution in [1.82, 2.24) is 15.1 Å². The number of carbonyl (C=O) groups is 4. The molecule has 5 amide bonds. The van der Waals surface area contributed by atoms with Gasteiger partial charge in [0.05, 0.1) is 10.5 Å². The third kappa shape index (κ3) is 2.20. The van der Waals surface area contributed by atoms with E-state index in [0.717, 1.165) is 11.0 Å². The van der Waals surface area contributed by atoms with E-state index in [-0.39, 0.29) is 24.2 Å². The smallest absolute Gasteiger partial charge is 0.324 e. The van der Waals surface area contributed by atoms with E-state index in [1.165, 1.54) is 12.1 Å². The Morgan fingerprint density at radius 2 is 2.00 bits per heavy atom. The normalized spacial score (nSPS) is 16.6. The van der Waals surface area contributed by atoms with Crippen LogP contribution in [0.3, 0.4) is 0 Å². The predicted octanol–water partition coefficient (Wildman–Crippen LogP) is -0.257. The van der Waals surface area contributed by atoms with Gasteiger partial charge in [-0.25, -0.2) is 4.79 Å². The van der Waals surface area contributed by atoms with Crippen LogP contribution < -0.4 is 5.32 Å². The topological polar surface area (TPSA) is 130 Å². The van der Waals surface area contributed by atoms with Crippen LogP contribution in [0, 0.1) is 10.1 Å². The Morgan fingerprint density at radius 3 is 2.61 bits per heavy atom. The number of rotatable bonds is 3. The van der Waals surface area contributed by atoms with Gasteiger partial charge in [0.15, 0.2) is 0 Å². The van der Waals surface area contributed by atoms with E-state index < -0.39 is 40.9 Å². The molecule has 10 heteroatoms. The summed E-state index contributed by atoms with van der Waals surface area (Å²) in [6.45, 7) is -0.212. The highest BCUT2D eigenvalue weighted by Crippen LogP contribution is 2.30. The summed E-state index contributed by atoms with van der Waals surface area (Å²) in [6, 6.07) is 3.10. The first kappa shape index (κ1) is 14.6. The molecule has 2 aliphatic heterocycles. The van der Waals surface area contributed by atoms with Gasteiger partial charge in [0.2, 0.25) is 0 Å². The highest BCUT2D eigenvalue weighted by molar-refractivity contribution is 6.24. The van der Waals surface area contributed by atoms with E-state index >= 15 is 0 Å². The molecule has 118 valence electrons. The first-order valence-corrected chi connectivity index (χ1v) is 6.63. The number of nitrogens with zero attached hydrogens (tertiary/aromatic N) is 3. The number of urea groups is 1. The molecule has 2 heterocycles. The van der Waals surface area contributed by atoms with Gasteiger partial charge in [-0.3, -0.25) is 34.3 Å². The van der Waals surface area contributed by atoms with Crippen LogP contribution in [0.25, 0.3) is 0 Å². The number of nitro groups is 1. The zero-order valence-electron chi connectivity index (χ0n) is 11.6. The van der Waals surface area contributed by atoms with Crippen molar-refractivity contribution in [3.8, 4) is 0 Å². The number of carbonyl (C=O) groups excluding carboxylic acids is 4. The van der Waals surface area contributed by atoms with Crippen LogP contribution >= 0.6 is 0 Å². The number of hydrogen-bond acceptors (Lipinski definition) is 6. The molecule has 0 radical (unpaired) electrons. The van der Waals surface area contributed by atoms with Gasteiger partial charge in [0, 0.05) is 19.2 Å². The molecule has 1 fully saturated rings. The largest absolute Gasteiger partial charge is 0.336 e. The number of imide groups is 2. The van der Waals surface area contributed by atoms with Crippen LogP contribution in [0.15, 0.2) is 18.2 Å². The molecule has 1 aromatic rings. The number of amides is 5. The molecule has 1 aromatic carbocycles. The van der Waals surface area contributed by atoms with Gasteiger partial charge in [0.25, 0.3) is 23.4 Å². The summed E-state index contributed by atoms with van der Waals surface area (Å²) in [7, 11) is 0. The molecule has 0 atom stereocenters. The second-order valence-electron chi connectivity index (χ2n) is 4.93. The van der Waals surface area contributed by atoms with Gasteiger partial charge in [-0.1, -0.05) is 6.07 Å². The zero-order valence-corrected chi connectivity index (χ0v) is 11.6. The number of hydrogen-bond donors (Lipinski definition) is 1. The van der Waals surface area contributed by atoms with Crippen molar-refractivity contribution in [3.05, 3.63) is 39.4 Å². The molecule has 1 saturated heterocycles. The molecular formula is C13H10N4O6. The summed E-state index contributed by atoms with van der Waals surface area (Å²) in [5, 5.41) is 13.4. The Hall–Kier alpha value is -3.30. The van der Waals surface area contributed by atoms with E-state index in [1.807, 2.05) is 0 Å². The maximum absolute atomic E-state index is 12.3. The molecule has 1 N–H and O–H groups in total. The Morgan fingerprint density at radius 1 is 1.26 bits per heavy atom. The number of fused-ring (bicyclic) bond motifs is 1. The van der Waals surface area contributed by atoms with Crippen molar-refractivity contribution >= 4 is 29.4 Å². The monoisotopic (exact) mass is 318 g/mol. The van der Waals surface area contributed by atoms with E-state index in [0.29, 0.717) is 4.90 Å². The van der Waals surface area contributed by atoms with E-state index in [9.17, 15) is 29.3 Å². The highest BCUT2D eigenvalue weighted by Gasteiger charge is 2.42. The Bertz CT molecular complexity index is 774. The summed E-state index contributed by atoms with van der Waals surface area (Å²) in [4.78, 5) is 59.7. The maximum atomic E-state index is 12.3. The van der Waals surface area contributed by atoms with Crippen LogP contribution in [0.1, 0.15) is 20.7 Å². The standard InChI is InChI=1S/C13H10N4O6/c18-9(15-5-4-14-13(15)21)6-16-11(19)7-2-1-3-8(17(22)23)10(7)12(16)20/h1-3H,4-6H2,(H,14,21). The fourth-order valence-electron chi connectivity index (χ4n) is 2.54. The van der Waals surface area contributed by atoms with Crippen LogP contribution in [-0.2, 0) is 4.79 Å². The number of nitrogens with one attached hydrogen (secondary N) is 1. The van der Waals surface area contributed by atoms with Crippen molar-refractivity contribution in [1.29, 1.82) is 0 Å². The van der Waals surface area contributed by atoms with Gasteiger partial charge < -0.3 is 5.32 Å². The molecular weight excluding hydrogens is 308 g/mol. The highest BCUT2D eigenvalue weighted by atomic mass is 16.6. The quantitative estimate of drug-likeness (QED) is 0.464. The van der Waals surface area contributed by atoms with Crippen molar-refractivity contribution in [2.45, 2.75) is 0 Å². The first-order chi connectivity index (χ1) is 10.9. The minimum Gasteiger partial charge on any atom is -0.336 e. The van der Waals surface area contributed by atoms with Crippen molar-refractivity contribution in [2.75, 3.05) is 19.6 Å². The molecule has 2 aliphatic rings. The van der Waals surface area contributed by atoms with Gasteiger partial charge in [0.1, 0.15) is 12.1 Å². The van der Waals surface area contributed by atoms with Crippen LogP contribution in [-0.4, -0.2) is 58.1 Å². The van der Waals surface area contributed by atoms with Crippen LogP contribution in [0.2, 0.25) is 0 Å². The molecule has 0 saturated carbocycles. The average Bonchev–Trinajstić information content (AvgIpc) is 3.04. The Kier molecular flexibility index (Phi) is 3.28. The van der Waals surface area contributed by atoms with Crippen LogP contribution in [0.4, 0.5) is 10.5 Å². The Balaban J connectivity index is 1.89. The van der Waals surface area contributed by atoms with Gasteiger partial charge in [-0.05, 0) is 6.07 Å². The van der Waals surface area contributed by atoms with Gasteiger partial charge in [-0.15, -0.1) is 0 Å². The van der Waals surface area contributed by atoms with E-state index in [2.05, 4.69) is 5.32 Å². The molecule has 10 nitrogen and oxygen atoms in total. The molecule has 0 aromatic heterocycles. The number of benzene rings is 1. The summed E-state index contributed by atoms with van der Waals surface area (Å²) in [6.07, 6.45) is 0. The van der Waals surface area contributed by atoms with Gasteiger partial charge >= 0.3 is 6.03 Å². The van der Waals surface area contributed by atoms with Crippen LogP contribution in [0.5, 0.6) is 0 Å². The number of nitro benzene ring substituents is 1. The second kappa shape index (κ2) is 5.16. The molecule has 23 heavy (non-hydrogen) atoms. The fraction of sp³-hybridized carbons (Fsp3) is 0.231. The second-order valence-corrected chi connectivity index (χ2v) is 4.93. The molecule has 0 spiro atoms. The SMILES string of the molecule is O=C(CN1C(=O)c2cccc([N+](=O)[O-])c2C1=O)N1CCNC1=O. The third-order valence-corrected chi connectivity index (χ3v) is 3.62. The van der Waals surface area contributed by atoms with Crippen molar-refractivity contribution in [2.24, 2.45) is 0 Å². The van der Waals surface area contributed by atoms with E-state index in [4.69, 9.17) is 0 Å². The summed E-state index contributed by atoms with van der Waals surface area (Å²) in [5.74, 6) is -2.43. The predicted molar refractivity (Wildman–Crippen MR) is 73.6 cm³/mol. The summed E-state index contributed by atoms with van der Waals surface area (Å²) in [5.41, 5.74) is -0.946. The van der Waals surface area contributed by atoms with E-state index in [1.54, 1.807) is 0 Å². The summed E-state index contributed by atoms with van der Waals surface area (Å²) >= 11 is 0. The fourth-order valence-corrected chi connectivity index (χ4v) is 2.54. The van der Waals surface area contributed by atoms with Gasteiger partial charge in [-0.2, -0.15) is 0 Å². The molecule has 0 unspecified atom stereocenters. The molecule has 0 aliphatic carbocycles. The minimum absolute atomic E-state index is 0.122. The average molecular weight is 318 g/mol. The lowest BCUT2D eigenvalue weighted by Gasteiger charge is -2.17.